The van der Waals surface area contributed by atoms with E-state index in [2.05, 4.69) is 10.3 Å². The second-order valence-electron chi connectivity index (χ2n) is 4.94. The number of nitrogens with one attached hydrogen (secondary N) is 1. The fourth-order valence-electron chi connectivity index (χ4n) is 2.49. The first-order valence-electron chi connectivity index (χ1n) is 6.66. The third kappa shape index (κ3) is 4.30. The molecule has 0 aliphatic heterocycles. The Morgan fingerprint density at radius 2 is 2.11 bits per heavy atom. The van der Waals surface area contributed by atoms with Crippen molar-refractivity contribution in [3.05, 3.63) is 23.4 Å². The van der Waals surface area contributed by atoms with Gasteiger partial charge < -0.3 is 5.32 Å². The molecule has 4 heteroatoms. The lowest BCUT2D eigenvalue weighted by Crippen LogP contribution is -2.15. The van der Waals surface area contributed by atoms with Gasteiger partial charge in [0.05, 0.1) is 0 Å². The molecule has 0 saturated heterocycles. The number of hydrogen-bond acceptors (Lipinski definition) is 2. The Labute approximate surface area is 113 Å². The maximum atomic E-state index is 11.8. The minimum Gasteiger partial charge on any atom is -0.311 e. The van der Waals surface area contributed by atoms with Gasteiger partial charge in [-0.3, -0.25) is 4.79 Å². The smallest absolute Gasteiger partial charge is 0.225 e. The van der Waals surface area contributed by atoms with E-state index in [-0.39, 0.29) is 5.91 Å². The van der Waals surface area contributed by atoms with Crippen LogP contribution < -0.4 is 5.32 Å². The molecule has 0 spiro atoms. The lowest BCUT2D eigenvalue weighted by atomic mass is 9.86. The molecule has 18 heavy (non-hydrogen) atoms. The van der Waals surface area contributed by atoms with E-state index >= 15 is 0 Å². The molecule has 1 aromatic rings. The van der Waals surface area contributed by atoms with Crippen molar-refractivity contribution in [3.63, 3.8) is 0 Å². The molecule has 2 rings (SSSR count). The molecule has 0 aromatic carbocycles. The summed E-state index contributed by atoms with van der Waals surface area (Å²) in [7, 11) is 0. The van der Waals surface area contributed by atoms with Gasteiger partial charge in [0.15, 0.2) is 0 Å². The minimum atomic E-state index is 0.0374. The number of aromatic nitrogens is 1. The number of carbonyl (C=O) groups is 1. The molecule has 1 fully saturated rings. The fraction of sp³-hybridized carbons (Fsp3) is 0.571. The molecule has 1 saturated carbocycles. The van der Waals surface area contributed by atoms with Gasteiger partial charge in [-0.25, -0.2) is 4.98 Å². The van der Waals surface area contributed by atoms with Gasteiger partial charge in [0.1, 0.15) is 11.0 Å². The predicted octanol–water partition coefficient (Wildman–Crippen LogP) is 4.03. The van der Waals surface area contributed by atoms with Gasteiger partial charge in [0, 0.05) is 6.42 Å². The van der Waals surface area contributed by atoms with Gasteiger partial charge in [-0.2, -0.15) is 0 Å². The van der Waals surface area contributed by atoms with Crippen molar-refractivity contribution in [2.45, 2.75) is 44.9 Å². The average Bonchev–Trinajstić information content (AvgIpc) is 2.38. The second kappa shape index (κ2) is 6.74. The van der Waals surface area contributed by atoms with Crippen molar-refractivity contribution in [2.24, 2.45) is 5.92 Å². The fourth-order valence-corrected chi connectivity index (χ4v) is 2.66. The topological polar surface area (TPSA) is 42.0 Å². The highest BCUT2D eigenvalue weighted by Crippen LogP contribution is 2.27. The summed E-state index contributed by atoms with van der Waals surface area (Å²) in [5.41, 5.74) is 0. The van der Waals surface area contributed by atoms with Crippen molar-refractivity contribution in [2.75, 3.05) is 5.32 Å². The van der Waals surface area contributed by atoms with Crippen molar-refractivity contribution in [1.82, 2.24) is 4.98 Å². The summed E-state index contributed by atoms with van der Waals surface area (Å²) >= 11 is 5.76. The largest absolute Gasteiger partial charge is 0.311 e. The summed E-state index contributed by atoms with van der Waals surface area (Å²) in [6.45, 7) is 0. The molecule has 1 aromatic heterocycles. The summed E-state index contributed by atoms with van der Waals surface area (Å²) in [6, 6.07) is 5.23. The van der Waals surface area contributed by atoms with E-state index in [1.54, 1.807) is 18.2 Å². The van der Waals surface area contributed by atoms with E-state index in [9.17, 15) is 4.79 Å². The van der Waals surface area contributed by atoms with Crippen LogP contribution in [0.25, 0.3) is 0 Å². The molecule has 1 amide bonds. The number of carbonyl (C=O) groups excluding carboxylic acids is 1. The molecule has 0 atom stereocenters. The summed E-state index contributed by atoms with van der Waals surface area (Å²) < 4.78 is 0. The van der Waals surface area contributed by atoms with Gasteiger partial charge in [-0.15, -0.1) is 0 Å². The van der Waals surface area contributed by atoms with Crippen LogP contribution in [0.4, 0.5) is 5.82 Å². The highest BCUT2D eigenvalue weighted by molar-refractivity contribution is 6.29. The lowest BCUT2D eigenvalue weighted by Gasteiger charge is -2.20. The highest BCUT2D eigenvalue weighted by atomic mass is 35.5. The first-order chi connectivity index (χ1) is 8.74. The molecule has 0 unspecified atom stereocenters. The Hall–Kier alpha value is -1.09. The zero-order valence-corrected chi connectivity index (χ0v) is 11.2. The zero-order valence-electron chi connectivity index (χ0n) is 10.5. The van der Waals surface area contributed by atoms with Crippen LogP contribution in [0.2, 0.25) is 5.15 Å². The quantitative estimate of drug-likeness (QED) is 0.836. The van der Waals surface area contributed by atoms with Crippen molar-refractivity contribution in [1.29, 1.82) is 0 Å². The maximum Gasteiger partial charge on any atom is 0.225 e. The molecule has 1 aliphatic rings. The van der Waals surface area contributed by atoms with E-state index < -0.39 is 0 Å². The van der Waals surface area contributed by atoms with Crippen LogP contribution in [0.15, 0.2) is 18.2 Å². The molecule has 3 nitrogen and oxygen atoms in total. The summed E-state index contributed by atoms with van der Waals surface area (Å²) in [5.74, 6) is 1.31. The molecule has 1 heterocycles. The van der Waals surface area contributed by atoms with E-state index in [1.165, 1.54) is 32.1 Å². The minimum absolute atomic E-state index is 0.0374. The second-order valence-corrected chi connectivity index (χ2v) is 5.32. The van der Waals surface area contributed by atoms with E-state index in [0.717, 1.165) is 12.3 Å². The highest BCUT2D eigenvalue weighted by Gasteiger charge is 2.14. The first-order valence-corrected chi connectivity index (χ1v) is 7.04. The van der Waals surface area contributed by atoms with Crippen LogP contribution in [-0.2, 0) is 4.79 Å². The number of amides is 1. The Balaban J connectivity index is 1.74. The Bertz CT molecular complexity index is 403. The van der Waals surface area contributed by atoms with Gasteiger partial charge in [-0.05, 0) is 24.5 Å². The number of hydrogen-bond donors (Lipinski definition) is 1. The molecule has 0 radical (unpaired) electrons. The number of nitrogens with zero attached hydrogens (tertiary/aromatic N) is 1. The van der Waals surface area contributed by atoms with Crippen LogP contribution in [-0.4, -0.2) is 10.9 Å². The van der Waals surface area contributed by atoms with Crippen LogP contribution in [0.5, 0.6) is 0 Å². The Morgan fingerprint density at radius 3 is 2.83 bits per heavy atom. The van der Waals surface area contributed by atoms with Crippen LogP contribution in [0.3, 0.4) is 0 Å². The number of halogens is 1. The monoisotopic (exact) mass is 266 g/mol. The molecular weight excluding hydrogens is 248 g/mol. The average molecular weight is 267 g/mol. The zero-order chi connectivity index (χ0) is 12.8. The standard InChI is InChI=1S/C14H19ClN2O/c15-12-7-4-8-13(16-12)17-14(18)10-9-11-5-2-1-3-6-11/h4,7-8,11H,1-3,5-6,9-10H2,(H,16,17,18). The van der Waals surface area contributed by atoms with Crippen molar-refractivity contribution >= 4 is 23.3 Å². The van der Waals surface area contributed by atoms with E-state index in [0.29, 0.717) is 17.4 Å². The number of anilines is 1. The normalized spacial score (nSPS) is 16.5. The first kappa shape index (κ1) is 13.3. The third-order valence-electron chi connectivity index (χ3n) is 3.49. The molecule has 98 valence electrons. The van der Waals surface area contributed by atoms with E-state index in [4.69, 9.17) is 11.6 Å². The summed E-state index contributed by atoms with van der Waals surface area (Å²) in [5, 5.41) is 3.19. The molecule has 1 N–H and O–H groups in total. The van der Waals surface area contributed by atoms with Gasteiger partial charge in [-0.1, -0.05) is 49.8 Å². The lowest BCUT2D eigenvalue weighted by molar-refractivity contribution is -0.116. The van der Waals surface area contributed by atoms with Crippen LogP contribution in [0.1, 0.15) is 44.9 Å². The van der Waals surface area contributed by atoms with Crippen molar-refractivity contribution < 1.29 is 4.79 Å². The Morgan fingerprint density at radius 1 is 1.33 bits per heavy atom. The summed E-state index contributed by atoms with van der Waals surface area (Å²) in [4.78, 5) is 15.8. The molecule has 1 aliphatic carbocycles. The maximum absolute atomic E-state index is 11.8. The summed E-state index contributed by atoms with van der Waals surface area (Å²) in [6.07, 6.45) is 8.13. The van der Waals surface area contributed by atoms with Crippen molar-refractivity contribution in [3.8, 4) is 0 Å². The predicted molar refractivity (Wildman–Crippen MR) is 73.7 cm³/mol. The van der Waals surface area contributed by atoms with Gasteiger partial charge >= 0.3 is 0 Å². The molecular formula is C14H19ClN2O. The Kier molecular flexibility index (Phi) is 5.00. The van der Waals surface area contributed by atoms with Gasteiger partial charge in [0.2, 0.25) is 5.91 Å². The van der Waals surface area contributed by atoms with Crippen LogP contribution in [0, 0.1) is 5.92 Å². The number of rotatable bonds is 4. The molecule has 0 bridgehead atoms. The number of pyridine rings is 1. The SMILES string of the molecule is O=C(CCC1CCCCC1)Nc1cccc(Cl)n1. The third-order valence-corrected chi connectivity index (χ3v) is 3.70. The van der Waals surface area contributed by atoms with Crippen LogP contribution >= 0.6 is 11.6 Å². The van der Waals surface area contributed by atoms with Gasteiger partial charge in [0.25, 0.3) is 0 Å². The van der Waals surface area contributed by atoms with E-state index in [1.807, 2.05) is 0 Å².